The fourth-order valence-electron chi connectivity index (χ4n) is 2.81. The molecule has 2 N–H and O–H groups in total. The van der Waals surface area contributed by atoms with Crippen molar-refractivity contribution in [2.24, 2.45) is 0 Å². The standard InChI is InChI=1S/C17H20N4O3/c1-2-8-18-17(23)15-20-14(13-7-3-4-9-21(13)15)16(22)19-11-12-6-5-10-24-12/h2,5-6,10H,1,3-4,7-9,11H2,(H,18,23)(H,19,22). The number of aromatic nitrogens is 2. The number of carbonyl (C=O) groups excluding carboxylic acids is 2. The molecule has 0 atom stereocenters. The van der Waals surface area contributed by atoms with Gasteiger partial charge in [-0.25, -0.2) is 4.98 Å². The van der Waals surface area contributed by atoms with Crippen molar-refractivity contribution in [1.29, 1.82) is 0 Å². The molecule has 0 aliphatic carbocycles. The van der Waals surface area contributed by atoms with Crippen molar-refractivity contribution in [2.45, 2.75) is 32.4 Å². The maximum Gasteiger partial charge on any atom is 0.287 e. The Morgan fingerprint density at radius 3 is 2.96 bits per heavy atom. The molecule has 2 aromatic heterocycles. The van der Waals surface area contributed by atoms with Crippen molar-refractivity contribution in [3.63, 3.8) is 0 Å². The van der Waals surface area contributed by atoms with Gasteiger partial charge >= 0.3 is 0 Å². The SMILES string of the molecule is C=CCNC(=O)c1nc(C(=O)NCc2ccco2)c2n1CCCC2. The van der Waals surface area contributed by atoms with E-state index in [1.54, 1.807) is 24.5 Å². The van der Waals surface area contributed by atoms with Gasteiger partial charge in [0.15, 0.2) is 5.82 Å². The Morgan fingerprint density at radius 1 is 1.33 bits per heavy atom. The molecule has 0 fully saturated rings. The molecule has 24 heavy (non-hydrogen) atoms. The lowest BCUT2D eigenvalue weighted by Gasteiger charge is -2.16. The first kappa shape index (κ1) is 16.0. The van der Waals surface area contributed by atoms with Crippen LogP contribution < -0.4 is 10.6 Å². The number of nitrogens with one attached hydrogen (secondary N) is 2. The summed E-state index contributed by atoms with van der Waals surface area (Å²) in [6.07, 6.45) is 5.86. The highest BCUT2D eigenvalue weighted by molar-refractivity contribution is 5.97. The Labute approximate surface area is 139 Å². The quantitative estimate of drug-likeness (QED) is 0.789. The van der Waals surface area contributed by atoms with Gasteiger partial charge in [-0.05, 0) is 31.4 Å². The van der Waals surface area contributed by atoms with Gasteiger partial charge in [0, 0.05) is 13.1 Å². The van der Waals surface area contributed by atoms with Gasteiger partial charge in [0.05, 0.1) is 18.5 Å². The summed E-state index contributed by atoms with van der Waals surface area (Å²) in [5.41, 5.74) is 1.15. The highest BCUT2D eigenvalue weighted by Gasteiger charge is 2.27. The van der Waals surface area contributed by atoms with Crippen LogP contribution in [0.2, 0.25) is 0 Å². The molecular formula is C17H20N4O3. The number of furan rings is 1. The van der Waals surface area contributed by atoms with Crippen LogP contribution in [0.5, 0.6) is 0 Å². The third kappa shape index (κ3) is 3.24. The molecule has 2 aromatic rings. The molecule has 0 bridgehead atoms. The van der Waals surface area contributed by atoms with Crippen molar-refractivity contribution >= 4 is 11.8 Å². The second-order valence-corrected chi connectivity index (χ2v) is 5.60. The smallest absolute Gasteiger partial charge is 0.287 e. The molecule has 0 aromatic carbocycles. The Balaban J connectivity index is 1.81. The Bertz CT molecular complexity index is 746. The number of hydrogen-bond donors (Lipinski definition) is 2. The minimum Gasteiger partial charge on any atom is -0.467 e. The van der Waals surface area contributed by atoms with E-state index in [1.165, 1.54) is 0 Å². The first-order chi connectivity index (χ1) is 11.7. The maximum absolute atomic E-state index is 12.5. The summed E-state index contributed by atoms with van der Waals surface area (Å²) in [7, 11) is 0. The molecule has 0 unspecified atom stereocenters. The average Bonchev–Trinajstić information content (AvgIpc) is 3.25. The van der Waals surface area contributed by atoms with Gasteiger partial charge in [0.1, 0.15) is 11.5 Å². The van der Waals surface area contributed by atoms with Crippen LogP contribution in [-0.4, -0.2) is 27.9 Å². The number of carbonyl (C=O) groups is 2. The van der Waals surface area contributed by atoms with Crippen LogP contribution in [0.15, 0.2) is 35.5 Å². The molecule has 1 aliphatic heterocycles. The number of amides is 2. The van der Waals surface area contributed by atoms with Crippen molar-refractivity contribution in [2.75, 3.05) is 6.54 Å². The molecule has 0 saturated heterocycles. The van der Waals surface area contributed by atoms with Crippen LogP contribution in [0.25, 0.3) is 0 Å². The lowest BCUT2D eigenvalue weighted by atomic mass is 10.1. The van der Waals surface area contributed by atoms with Crippen LogP contribution in [0, 0.1) is 0 Å². The van der Waals surface area contributed by atoms with Crippen molar-refractivity contribution in [1.82, 2.24) is 20.2 Å². The van der Waals surface area contributed by atoms with Gasteiger partial charge in [0.25, 0.3) is 11.8 Å². The van der Waals surface area contributed by atoms with Crippen molar-refractivity contribution in [3.8, 4) is 0 Å². The van der Waals surface area contributed by atoms with Crippen LogP contribution >= 0.6 is 0 Å². The molecule has 0 saturated carbocycles. The Morgan fingerprint density at radius 2 is 2.21 bits per heavy atom. The first-order valence-corrected chi connectivity index (χ1v) is 7.99. The van der Waals surface area contributed by atoms with Crippen molar-refractivity contribution in [3.05, 3.63) is 54.0 Å². The van der Waals surface area contributed by atoms with Gasteiger partial charge in [-0.2, -0.15) is 0 Å². The summed E-state index contributed by atoms with van der Waals surface area (Å²) in [5, 5.41) is 5.51. The highest BCUT2D eigenvalue weighted by Crippen LogP contribution is 2.21. The first-order valence-electron chi connectivity index (χ1n) is 7.99. The molecule has 3 rings (SSSR count). The summed E-state index contributed by atoms with van der Waals surface area (Å²) in [6.45, 7) is 4.93. The zero-order chi connectivity index (χ0) is 16.9. The lowest BCUT2D eigenvalue weighted by molar-refractivity contribution is 0.0941. The number of imidazole rings is 1. The van der Waals surface area contributed by atoms with Gasteiger partial charge in [-0.3, -0.25) is 9.59 Å². The Hall–Kier alpha value is -2.83. The predicted molar refractivity (Wildman–Crippen MR) is 87.6 cm³/mol. The van der Waals surface area contributed by atoms with E-state index >= 15 is 0 Å². The normalized spacial score (nSPS) is 13.2. The highest BCUT2D eigenvalue weighted by atomic mass is 16.3. The van der Waals surface area contributed by atoms with Crippen LogP contribution in [0.4, 0.5) is 0 Å². The topological polar surface area (TPSA) is 89.2 Å². The van der Waals surface area contributed by atoms with Crippen molar-refractivity contribution < 1.29 is 14.0 Å². The second-order valence-electron chi connectivity index (χ2n) is 5.60. The molecule has 7 nitrogen and oxygen atoms in total. The molecule has 0 radical (unpaired) electrons. The van der Waals surface area contributed by atoms with E-state index in [1.807, 2.05) is 4.57 Å². The molecule has 2 amide bonds. The van der Waals surface area contributed by atoms with E-state index in [0.717, 1.165) is 25.0 Å². The Kier molecular flexibility index (Phi) is 4.79. The minimum atomic E-state index is -0.292. The zero-order valence-electron chi connectivity index (χ0n) is 13.4. The van der Waals surface area contributed by atoms with Gasteiger partial charge < -0.3 is 19.6 Å². The summed E-state index contributed by atoms with van der Waals surface area (Å²) >= 11 is 0. The summed E-state index contributed by atoms with van der Waals surface area (Å²) in [4.78, 5) is 29.1. The van der Waals surface area contributed by atoms with Gasteiger partial charge in [-0.1, -0.05) is 6.08 Å². The molecule has 1 aliphatic rings. The fourth-order valence-corrected chi connectivity index (χ4v) is 2.81. The number of rotatable bonds is 6. The van der Waals surface area contributed by atoms with E-state index in [9.17, 15) is 9.59 Å². The van der Waals surface area contributed by atoms with E-state index in [-0.39, 0.29) is 24.2 Å². The second kappa shape index (κ2) is 7.16. The maximum atomic E-state index is 12.5. The van der Waals surface area contributed by atoms with Gasteiger partial charge in [-0.15, -0.1) is 6.58 Å². The zero-order valence-corrected chi connectivity index (χ0v) is 13.4. The summed E-state index contributed by atoms with van der Waals surface area (Å²) in [6, 6.07) is 3.55. The molecule has 0 spiro atoms. The van der Waals surface area contributed by atoms with E-state index < -0.39 is 0 Å². The number of fused-ring (bicyclic) bond motifs is 1. The van der Waals surface area contributed by atoms with E-state index in [0.29, 0.717) is 24.5 Å². The van der Waals surface area contributed by atoms with E-state index in [4.69, 9.17) is 4.42 Å². The van der Waals surface area contributed by atoms with Crippen LogP contribution in [-0.2, 0) is 19.5 Å². The third-order valence-electron chi connectivity index (χ3n) is 3.95. The van der Waals surface area contributed by atoms with Crippen LogP contribution in [0.3, 0.4) is 0 Å². The summed E-state index contributed by atoms with van der Waals surface area (Å²) < 4.78 is 7.06. The number of nitrogens with zero attached hydrogens (tertiary/aromatic N) is 2. The molecule has 126 valence electrons. The molecular weight excluding hydrogens is 308 g/mol. The monoisotopic (exact) mass is 328 g/mol. The predicted octanol–water partition coefficient (Wildman–Crippen LogP) is 1.66. The fraction of sp³-hybridized carbons (Fsp3) is 0.353. The minimum absolute atomic E-state index is 0.287. The van der Waals surface area contributed by atoms with Crippen LogP contribution in [0.1, 0.15) is 45.4 Å². The average molecular weight is 328 g/mol. The number of hydrogen-bond acceptors (Lipinski definition) is 4. The largest absolute Gasteiger partial charge is 0.467 e. The summed E-state index contributed by atoms with van der Waals surface area (Å²) in [5.74, 6) is 0.373. The molecule has 7 heteroatoms. The third-order valence-corrected chi connectivity index (χ3v) is 3.95. The molecule has 3 heterocycles. The van der Waals surface area contributed by atoms with Gasteiger partial charge in [0.2, 0.25) is 0 Å². The van der Waals surface area contributed by atoms with E-state index in [2.05, 4.69) is 22.2 Å². The lowest BCUT2D eigenvalue weighted by Crippen LogP contribution is -2.28.